The molecule has 0 aliphatic heterocycles. The number of guanidine groups is 1. The number of aliphatic imine (C=N–C) groups is 1. The zero-order chi connectivity index (χ0) is 20.1. The van der Waals surface area contributed by atoms with Gasteiger partial charge in [-0.15, -0.1) is 24.0 Å². The molecule has 0 aliphatic carbocycles. The molecule has 0 aliphatic rings. The van der Waals surface area contributed by atoms with Gasteiger partial charge in [0.15, 0.2) is 17.5 Å². The second kappa shape index (κ2) is 15.2. The molecule has 28 heavy (non-hydrogen) atoms. The van der Waals surface area contributed by atoms with Gasteiger partial charge in [-0.25, -0.2) is 0 Å². The standard InChI is InChI=1S/C20H33N3O4.HI/c1-6-21-20(23-14-15(3)19(24)26-5)22-12-8-9-16-10-11-17(25-4)18(13-16)27-7-2;/h10-11,13,15H,6-9,12,14H2,1-5H3,(H2,21,22,23);1H. The van der Waals surface area contributed by atoms with E-state index in [1.807, 2.05) is 26.0 Å². The molecule has 2 N–H and O–H groups in total. The summed E-state index contributed by atoms with van der Waals surface area (Å²) >= 11 is 0. The Bertz CT molecular complexity index is 611. The molecular formula is C20H34IN3O4. The average Bonchev–Trinajstić information content (AvgIpc) is 2.68. The Labute approximate surface area is 185 Å². The van der Waals surface area contributed by atoms with Gasteiger partial charge < -0.3 is 24.8 Å². The molecule has 8 heteroatoms. The predicted molar refractivity (Wildman–Crippen MR) is 123 cm³/mol. The molecule has 1 rings (SSSR count). The highest BCUT2D eigenvalue weighted by Crippen LogP contribution is 2.28. The average molecular weight is 507 g/mol. The summed E-state index contributed by atoms with van der Waals surface area (Å²) in [6.45, 7) is 8.29. The van der Waals surface area contributed by atoms with Crippen LogP contribution in [0.5, 0.6) is 11.5 Å². The van der Waals surface area contributed by atoms with Crippen LogP contribution in [-0.4, -0.2) is 52.4 Å². The minimum atomic E-state index is -0.262. The van der Waals surface area contributed by atoms with Crippen LogP contribution >= 0.6 is 24.0 Å². The molecule has 0 amide bonds. The molecule has 0 saturated heterocycles. The van der Waals surface area contributed by atoms with E-state index in [1.54, 1.807) is 14.0 Å². The number of hydrogen-bond acceptors (Lipinski definition) is 5. The summed E-state index contributed by atoms with van der Waals surface area (Å²) in [4.78, 5) is 15.9. The second-order valence-corrected chi connectivity index (χ2v) is 6.09. The lowest BCUT2D eigenvalue weighted by Gasteiger charge is -2.13. The Kier molecular flexibility index (Phi) is 14.3. The Balaban J connectivity index is 0.00000729. The third-order valence-corrected chi connectivity index (χ3v) is 3.93. The number of ether oxygens (including phenoxy) is 3. The Morgan fingerprint density at radius 1 is 1.18 bits per heavy atom. The number of benzene rings is 1. The first-order valence-electron chi connectivity index (χ1n) is 9.45. The first-order chi connectivity index (χ1) is 13.0. The van der Waals surface area contributed by atoms with Gasteiger partial charge in [0.05, 0.1) is 33.3 Å². The fraction of sp³-hybridized carbons (Fsp3) is 0.600. The van der Waals surface area contributed by atoms with Crippen LogP contribution in [0.4, 0.5) is 0 Å². The molecule has 0 bridgehead atoms. The van der Waals surface area contributed by atoms with Crippen LogP contribution in [0.1, 0.15) is 32.8 Å². The highest BCUT2D eigenvalue weighted by Gasteiger charge is 2.12. The van der Waals surface area contributed by atoms with Crippen LogP contribution in [0, 0.1) is 5.92 Å². The van der Waals surface area contributed by atoms with Gasteiger partial charge in [-0.3, -0.25) is 9.79 Å². The van der Waals surface area contributed by atoms with E-state index in [9.17, 15) is 4.79 Å². The monoisotopic (exact) mass is 507 g/mol. The largest absolute Gasteiger partial charge is 0.493 e. The molecule has 0 spiro atoms. The molecule has 1 aromatic rings. The number of methoxy groups -OCH3 is 2. The topological polar surface area (TPSA) is 81.2 Å². The van der Waals surface area contributed by atoms with Gasteiger partial charge in [0.25, 0.3) is 0 Å². The third kappa shape index (κ3) is 9.48. The Morgan fingerprint density at radius 3 is 2.54 bits per heavy atom. The highest BCUT2D eigenvalue weighted by atomic mass is 127. The summed E-state index contributed by atoms with van der Waals surface area (Å²) in [6.07, 6.45) is 1.85. The van der Waals surface area contributed by atoms with E-state index in [-0.39, 0.29) is 35.9 Å². The smallest absolute Gasteiger partial charge is 0.310 e. The Morgan fingerprint density at radius 2 is 1.93 bits per heavy atom. The fourth-order valence-electron chi connectivity index (χ4n) is 2.49. The number of aryl methyl sites for hydroxylation is 1. The van der Waals surface area contributed by atoms with Crippen LogP contribution in [-0.2, 0) is 16.0 Å². The van der Waals surface area contributed by atoms with Gasteiger partial charge in [-0.2, -0.15) is 0 Å². The van der Waals surface area contributed by atoms with Crippen LogP contribution in [0.15, 0.2) is 23.2 Å². The van der Waals surface area contributed by atoms with Crippen molar-refractivity contribution in [3.63, 3.8) is 0 Å². The van der Waals surface area contributed by atoms with E-state index in [1.165, 1.54) is 12.7 Å². The van der Waals surface area contributed by atoms with Crippen molar-refractivity contribution in [1.29, 1.82) is 0 Å². The van der Waals surface area contributed by atoms with Crippen molar-refractivity contribution in [2.75, 3.05) is 40.5 Å². The molecule has 160 valence electrons. The second-order valence-electron chi connectivity index (χ2n) is 6.09. The molecule has 0 heterocycles. The number of esters is 1. The molecule has 0 saturated carbocycles. The summed E-state index contributed by atoms with van der Waals surface area (Å²) in [5.74, 6) is 1.72. The van der Waals surface area contributed by atoms with Crippen molar-refractivity contribution in [3.8, 4) is 11.5 Å². The van der Waals surface area contributed by atoms with Crippen molar-refractivity contribution in [2.45, 2.75) is 33.6 Å². The number of nitrogens with one attached hydrogen (secondary N) is 2. The van der Waals surface area contributed by atoms with Crippen LogP contribution in [0.25, 0.3) is 0 Å². The molecule has 7 nitrogen and oxygen atoms in total. The van der Waals surface area contributed by atoms with Gasteiger partial charge in [-0.05, 0) is 44.4 Å². The fourth-order valence-corrected chi connectivity index (χ4v) is 2.49. The van der Waals surface area contributed by atoms with Gasteiger partial charge in [0.1, 0.15) is 0 Å². The number of hydrogen-bond donors (Lipinski definition) is 2. The van der Waals surface area contributed by atoms with E-state index in [0.717, 1.165) is 37.4 Å². The first-order valence-corrected chi connectivity index (χ1v) is 9.45. The van der Waals surface area contributed by atoms with Gasteiger partial charge >= 0.3 is 5.97 Å². The molecule has 0 aromatic heterocycles. The third-order valence-electron chi connectivity index (χ3n) is 3.93. The van der Waals surface area contributed by atoms with Crippen molar-refractivity contribution in [1.82, 2.24) is 10.6 Å². The van der Waals surface area contributed by atoms with Gasteiger partial charge in [0, 0.05) is 13.1 Å². The highest BCUT2D eigenvalue weighted by molar-refractivity contribution is 14.0. The van der Waals surface area contributed by atoms with Crippen molar-refractivity contribution in [3.05, 3.63) is 23.8 Å². The van der Waals surface area contributed by atoms with Crippen LogP contribution in [0.3, 0.4) is 0 Å². The van der Waals surface area contributed by atoms with Crippen LogP contribution < -0.4 is 20.1 Å². The maximum atomic E-state index is 11.5. The van der Waals surface area contributed by atoms with Crippen molar-refractivity contribution < 1.29 is 19.0 Å². The van der Waals surface area contributed by atoms with Crippen molar-refractivity contribution >= 4 is 35.9 Å². The molecule has 1 unspecified atom stereocenters. The van der Waals surface area contributed by atoms with E-state index >= 15 is 0 Å². The molecule has 1 aromatic carbocycles. The lowest BCUT2D eigenvalue weighted by Crippen LogP contribution is -2.38. The predicted octanol–water partition coefficient (Wildman–Crippen LogP) is 3.01. The summed E-state index contributed by atoms with van der Waals surface area (Å²) in [5, 5.41) is 6.48. The molecule has 0 fully saturated rings. The van der Waals surface area contributed by atoms with E-state index in [0.29, 0.717) is 19.1 Å². The summed E-state index contributed by atoms with van der Waals surface area (Å²) in [7, 11) is 3.03. The summed E-state index contributed by atoms with van der Waals surface area (Å²) in [5.41, 5.74) is 1.20. The summed E-state index contributed by atoms with van der Waals surface area (Å²) in [6, 6.07) is 6.02. The summed E-state index contributed by atoms with van der Waals surface area (Å²) < 4.78 is 15.7. The minimum Gasteiger partial charge on any atom is -0.493 e. The first kappa shape index (κ1) is 26.3. The number of carbonyl (C=O) groups is 1. The number of halogens is 1. The normalized spacial score (nSPS) is 11.8. The molecule has 0 radical (unpaired) electrons. The van der Waals surface area contributed by atoms with Crippen LogP contribution in [0.2, 0.25) is 0 Å². The van der Waals surface area contributed by atoms with Gasteiger partial charge in [-0.1, -0.05) is 13.0 Å². The SMILES string of the molecule is CCNC(=NCC(C)C(=O)OC)NCCCc1ccc(OC)c(OCC)c1.I. The van der Waals surface area contributed by atoms with Crippen molar-refractivity contribution in [2.24, 2.45) is 10.9 Å². The lowest BCUT2D eigenvalue weighted by atomic mass is 10.1. The van der Waals surface area contributed by atoms with Gasteiger partial charge in [0.2, 0.25) is 0 Å². The zero-order valence-electron chi connectivity index (χ0n) is 17.5. The maximum Gasteiger partial charge on any atom is 0.310 e. The van der Waals surface area contributed by atoms with E-state index < -0.39 is 0 Å². The number of rotatable bonds is 11. The zero-order valence-corrected chi connectivity index (χ0v) is 19.9. The number of nitrogens with zero attached hydrogens (tertiary/aromatic N) is 1. The minimum absolute atomic E-state index is 0. The maximum absolute atomic E-state index is 11.5. The quantitative estimate of drug-likeness (QED) is 0.158. The van der Waals surface area contributed by atoms with E-state index in [4.69, 9.17) is 14.2 Å². The number of carbonyl (C=O) groups excluding carboxylic acids is 1. The molecule has 1 atom stereocenters. The Hall–Kier alpha value is -1.71. The lowest BCUT2D eigenvalue weighted by molar-refractivity contribution is -0.144. The van der Waals surface area contributed by atoms with E-state index in [2.05, 4.69) is 21.7 Å². The molecular weight excluding hydrogens is 473 g/mol.